The van der Waals surface area contributed by atoms with Crippen molar-refractivity contribution in [2.24, 2.45) is 0 Å². The molecule has 7 heteroatoms. The molecule has 2 heterocycles. The zero-order valence-electron chi connectivity index (χ0n) is 12.6. The molecule has 2 rings (SSSR count). The first-order valence-corrected chi connectivity index (χ1v) is 6.60. The van der Waals surface area contributed by atoms with Gasteiger partial charge in [0, 0.05) is 18.5 Å². The van der Waals surface area contributed by atoms with Gasteiger partial charge in [0.05, 0.1) is 24.6 Å². The van der Waals surface area contributed by atoms with Crippen LogP contribution in [-0.4, -0.2) is 33.5 Å². The minimum absolute atomic E-state index is 0.0576. The summed E-state index contributed by atoms with van der Waals surface area (Å²) in [6, 6.07) is 1.48. The molecule has 0 spiro atoms. The number of aldehydes is 1. The molecule has 1 N–H and O–H groups in total. The maximum absolute atomic E-state index is 11.1. The summed E-state index contributed by atoms with van der Waals surface area (Å²) >= 11 is 0. The van der Waals surface area contributed by atoms with Gasteiger partial charge in [0.2, 0.25) is 5.88 Å². The first kappa shape index (κ1) is 15.8. The number of aromatic nitrogens is 3. The summed E-state index contributed by atoms with van der Waals surface area (Å²) in [5.41, 5.74) is 0.0887. The molecule has 0 saturated heterocycles. The van der Waals surface area contributed by atoms with E-state index in [2.05, 4.69) is 15.0 Å². The van der Waals surface area contributed by atoms with E-state index in [-0.39, 0.29) is 6.61 Å². The molecule has 0 amide bonds. The first-order chi connectivity index (χ1) is 10.5. The van der Waals surface area contributed by atoms with Crippen molar-refractivity contribution in [2.45, 2.75) is 26.1 Å². The van der Waals surface area contributed by atoms with Gasteiger partial charge >= 0.3 is 0 Å². The first-order valence-electron chi connectivity index (χ1n) is 6.60. The van der Waals surface area contributed by atoms with Crippen LogP contribution in [-0.2, 0) is 12.2 Å². The molecule has 0 aliphatic carbocycles. The standard InChI is InChI=1S/C15H17N3O4/c1-15(2,20)14-11(16-4-5-17-14)9-22-12-7-18-13(21-3)6-10(12)8-19/h4-8,20H,9H2,1-3H3. The number of rotatable bonds is 6. The number of methoxy groups -OCH3 is 1. The zero-order chi connectivity index (χ0) is 16.2. The van der Waals surface area contributed by atoms with Crippen molar-refractivity contribution in [2.75, 3.05) is 7.11 Å². The second-order valence-electron chi connectivity index (χ2n) is 5.08. The third kappa shape index (κ3) is 3.56. The van der Waals surface area contributed by atoms with Crippen LogP contribution in [0.1, 0.15) is 35.6 Å². The minimum Gasteiger partial charge on any atom is -0.485 e. The molecule has 0 unspecified atom stereocenters. The molecule has 2 aromatic heterocycles. The second kappa shape index (κ2) is 6.48. The average molecular weight is 303 g/mol. The highest BCUT2D eigenvalue weighted by Crippen LogP contribution is 2.23. The van der Waals surface area contributed by atoms with Crippen LogP contribution in [0.2, 0.25) is 0 Å². The largest absolute Gasteiger partial charge is 0.485 e. The molecule has 116 valence electrons. The van der Waals surface area contributed by atoms with E-state index in [0.29, 0.717) is 34.9 Å². The molecule has 2 aromatic rings. The molecule has 22 heavy (non-hydrogen) atoms. The Labute approximate surface area is 128 Å². The van der Waals surface area contributed by atoms with Crippen molar-refractivity contribution in [3.05, 3.63) is 41.6 Å². The fourth-order valence-corrected chi connectivity index (χ4v) is 1.89. The van der Waals surface area contributed by atoms with Crippen LogP contribution in [0.5, 0.6) is 11.6 Å². The summed E-state index contributed by atoms with van der Waals surface area (Å²) in [6.07, 6.45) is 5.08. The Balaban J connectivity index is 2.23. The summed E-state index contributed by atoms with van der Waals surface area (Å²) in [4.78, 5) is 23.4. The van der Waals surface area contributed by atoms with E-state index in [1.165, 1.54) is 31.8 Å². The van der Waals surface area contributed by atoms with Gasteiger partial charge in [0.15, 0.2) is 6.29 Å². The van der Waals surface area contributed by atoms with Gasteiger partial charge in [-0.2, -0.15) is 0 Å². The van der Waals surface area contributed by atoms with Crippen LogP contribution >= 0.6 is 0 Å². The summed E-state index contributed by atoms with van der Waals surface area (Å²) in [7, 11) is 1.46. The van der Waals surface area contributed by atoms with Crippen LogP contribution in [0.25, 0.3) is 0 Å². The van der Waals surface area contributed by atoms with E-state index >= 15 is 0 Å². The normalized spacial score (nSPS) is 11.1. The van der Waals surface area contributed by atoms with Gasteiger partial charge in [0.25, 0.3) is 0 Å². The molecule has 0 aromatic carbocycles. The quantitative estimate of drug-likeness (QED) is 0.808. The summed E-state index contributed by atoms with van der Waals surface area (Å²) < 4.78 is 10.5. The topological polar surface area (TPSA) is 94.4 Å². The molecule has 0 radical (unpaired) electrons. The monoisotopic (exact) mass is 303 g/mol. The van der Waals surface area contributed by atoms with Gasteiger partial charge in [0.1, 0.15) is 23.7 Å². The van der Waals surface area contributed by atoms with Gasteiger partial charge in [-0.05, 0) is 13.8 Å². The lowest BCUT2D eigenvalue weighted by Crippen LogP contribution is -2.21. The second-order valence-corrected chi connectivity index (χ2v) is 5.08. The lowest BCUT2D eigenvalue weighted by atomic mass is 10.0. The van der Waals surface area contributed by atoms with E-state index in [1.54, 1.807) is 13.8 Å². The third-order valence-electron chi connectivity index (χ3n) is 2.93. The van der Waals surface area contributed by atoms with Crippen molar-refractivity contribution in [3.8, 4) is 11.6 Å². The van der Waals surface area contributed by atoms with Crippen molar-refractivity contribution in [1.82, 2.24) is 15.0 Å². The van der Waals surface area contributed by atoms with Gasteiger partial charge < -0.3 is 14.6 Å². The van der Waals surface area contributed by atoms with Crippen LogP contribution < -0.4 is 9.47 Å². The van der Waals surface area contributed by atoms with Crippen molar-refractivity contribution < 1.29 is 19.4 Å². The molecule has 0 atom stereocenters. The van der Waals surface area contributed by atoms with Crippen molar-refractivity contribution in [1.29, 1.82) is 0 Å². The van der Waals surface area contributed by atoms with Crippen LogP contribution in [0.3, 0.4) is 0 Å². The van der Waals surface area contributed by atoms with Gasteiger partial charge in [-0.3, -0.25) is 14.8 Å². The van der Waals surface area contributed by atoms with Crippen molar-refractivity contribution in [3.63, 3.8) is 0 Å². The molecule has 0 bridgehead atoms. The molecular formula is C15H17N3O4. The smallest absolute Gasteiger partial charge is 0.213 e. The Morgan fingerprint density at radius 3 is 2.64 bits per heavy atom. The van der Waals surface area contributed by atoms with E-state index in [4.69, 9.17) is 9.47 Å². The molecule has 0 saturated carbocycles. The molecule has 7 nitrogen and oxygen atoms in total. The highest BCUT2D eigenvalue weighted by atomic mass is 16.5. The lowest BCUT2D eigenvalue weighted by molar-refractivity contribution is 0.0706. The Bertz CT molecular complexity index is 668. The summed E-state index contributed by atoms with van der Waals surface area (Å²) in [5.74, 6) is 0.634. The number of aliphatic hydroxyl groups is 1. The number of carbonyl (C=O) groups excluding carboxylic acids is 1. The van der Waals surface area contributed by atoms with E-state index in [9.17, 15) is 9.90 Å². The number of hydrogen-bond acceptors (Lipinski definition) is 7. The van der Waals surface area contributed by atoms with E-state index in [1.807, 2.05) is 0 Å². The van der Waals surface area contributed by atoms with Crippen LogP contribution in [0.4, 0.5) is 0 Å². The van der Waals surface area contributed by atoms with Crippen LogP contribution in [0, 0.1) is 0 Å². The Kier molecular flexibility index (Phi) is 4.67. The van der Waals surface area contributed by atoms with E-state index in [0.717, 1.165) is 0 Å². The third-order valence-corrected chi connectivity index (χ3v) is 2.93. The summed E-state index contributed by atoms with van der Waals surface area (Å²) in [5, 5.41) is 10.1. The SMILES string of the molecule is COc1cc(C=O)c(OCc2nccnc2C(C)(C)O)cn1. The maximum atomic E-state index is 11.1. The fraction of sp³-hybridized carbons (Fsp3) is 0.333. The number of carbonyl (C=O) groups is 1. The molecule has 0 aliphatic rings. The predicted molar refractivity (Wildman–Crippen MR) is 77.8 cm³/mol. The lowest BCUT2D eigenvalue weighted by Gasteiger charge is -2.19. The Morgan fingerprint density at radius 1 is 1.27 bits per heavy atom. The number of pyridine rings is 1. The maximum Gasteiger partial charge on any atom is 0.213 e. The Morgan fingerprint density at radius 2 is 2.00 bits per heavy atom. The zero-order valence-corrected chi connectivity index (χ0v) is 12.6. The van der Waals surface area contributed by atoms with Gasteiger partial charge in [-0.25, -0.2) is 4.98 Å². The van der Waals surface area contributed by atoms with Crippen molar-refractivity contribution >= 4 is 6.29 Å². The molecule has 0 fully saturated rings. The number of ether oxygens (including phenoxy) is 2. The highest BCUT2D eigenvalue weighted by Gasteiger charge is 2.23. The Hall–Kier alpha value is -2.54. The van der Waals surface area contributed by atoms with E-state index < -0.39 is 5.60 Å². The average Bonchev–Trinajstić information content (AvgIpc) is 2.52. The van der Waals surface area contributed by atoms with Crippen LogP contribution in [0.15, 0.2) is 24.7 Å². The van der Waals surface area contributed by atoms with Gasteiger partial charge in [-0.1, -0.05) is 0 Å². The molecular weight excluding hydrogens is 286 g/mol. The highest BCUT2D eigenvalue weighted by molar-refractivity contribution is 5.79. The number of hydrogen-bond donors (Lipinski definition) is 1. The summed E-state index contributed by atoms with van der Waals surface area (Å²) in [6.45, 7) is 3.29. The predicted octanol–water partition coefficient (Wildman–Crippen LogP) is 1.50. The van der Waals surface area contributed by atoms with Gasteiger partial charge in [-0.15, -0.1) is 0 Å². The number of nitrogens with zero attached hydrogens (tertiary/aromatic N) is 3. The fourth-order valence-electron chi connectivity index (χ4n) is 1.89. The minimum atomic E-state index is -1.14. The molecule has 0 aliphatic heterocycles.